The molecule has 1 atom stereocenters. The summed E-state index contributed by atoms with van der Waals surface area (Å²) in [5.74, 6) is 2.20. The number of hydrogen-bond donors (Lipinski definition) is 1. The quantitative estimate of drug-likeness (QED) is 0.918. The summed E-state index contributed by atoms with van der Waals surface area (Å²) < 4.78 is 7.30. The Morgan fingerprint density at radius 1 is 1.20 bits per heavy atom. The lowest BCUT2D eigenvalue weighted by atomic mass is 9.96. The first kappa shape index (κ1) is 16.7. The highest BCUT2D eigenvalue weighted by Gasteiger charge is 2.29. The van der Waals surface area contributed by atoms with Gasteiger partial charge < -0.3 is 9.84 Å². The van der Waals surface area contributed by atoms with E-state index in [1.807, 2.05) is 13.2 Å². The molecule has 2 aromatic heterocycles. The molecule has 4 rings (SSSR count). The third-order valence-corrected chi connectivity index (χ3v) is 5.51. The van der Waals surface area contributed by atoms with Crippen LogP contribution in [0.2, 0.25) is 0 Å². The van der Waals surface area contributed by atoms with E-state index in [9.17, 15) is 0 Å². The van der Waals surface area contributed by atoms with Gasteiger partial charge in [0.2, 0.25) is 0 Å². The van der Waals surface area contributed by atoms with Crippen molar-refractivity contribution in [3.63, 3.8) is 0 Å². The molecule has 0 radical (unpaired) electrons. The van der Waals surface area contributed by atoms with Crippen LogP contribution in [-0.4, -0.2) is 51.0 Å². The van der Waals surface area contributed by atoms with Gasteiger partial charge in [0.25, 0.3) is 5.89 Å². The first-order chi connectivity index (χ1) is 12.3. The van der Waals surface area contributed by atoms with E-state index in [-0.39, 0.29) is 6.04 Å². The van der Waals surface area contributed by atoms with Gasteiger partial charge in [-0.2, -0.15) is 10.1 Å². The molecule has 0 saturated carbocycles. The number of rotatable bonds is 4. The molecule has 1 N–H and O–H groups in total. The Morgan fingerprint density at radius 3 is 2.88 bits per heavy atom. The average Bonchev–Trinajstić information content (AvgIpc) is 3.22. The SMILES string of the molecule is Cn1cc(-c2nc(C3CCCCCN3CC3CCNCC3)no2)cn1. The normalized spacial score (nSPS) is 23.6. The summed E-state index contributed by atoms with van der Waals surface area (Å²) in [4.78, 5) is 7.33. The minimum Gasteiger partial charge on any atom is -0.334 e. The Balaban J connectivity index is 1.51. The number of likely N-dealkylation sites (tertiary alicyclic amines) is 1. The van der Waals surface area contributed by atoms with E-state index in [4.69, 9.17) is 9.51 Å². The molecule has 2 aromatic rings. The topological polar surface area (TPSA) is 72.0 Å². The molecule has 1 unspecified atom stereocenters. The van der Waals surface area contributed by atoms with Gasteiger partial charge >= 0.3 is 0 Å². The molecule has 7 heteroatoms. The number of aryl methyl sites for hydroxylation is 1. The van der Waals surface area contributed by atoms with Gasteiger partial charge in [0, 0.05) is 19.8 Å². The molecule has 4 heterocycles. The molecule has 2 fully saturated rings. The molecule has 25 heavy (non-hydrogen) atoms. The van der Waals surface area contributed by atoms with Crippen molar-refractivity contribution in [1.82, 2.24) is 30.1 Å². The Morgan fingerprint density at radius 2 is 2.08 bits per heavy atom. The third-order valence-electron chi connectivity index (χ3n) is 5.51. The van der Waals surface area contributed by atoms with Crippen LogP contribution in [0, 0.1) is 5.92 Å². The van der Waals surface area contributed by atoms with Crippen molar-refractivity contribution in [3.05, 3.63) is 18.2 Å². The highest BCUT2D eigenvalue weighted by atomic mass is 16.5. The van der Waals surface area contributed by atoms with Gasteiger partial charge in [0.1, 0.15) is 0 Å². The smallest absolute Gasteiger partial charge is 0.261 e. The minimum atomic E-state index is 0.284. The lowest BCUT2D eigenvalue weighted by Gasteiger charge is -2.33. The van der Waals surface area contributed by atoms with Crippen molar-refractivity contribution in [1.29, 1.82) is 0 Å². The second-order valence-corrected chi connectivity index (χ2v) is 7.41. The van der Waals surface area contributed by atoms with Crippen molar-refractivity contribution < 1.29 is 4.52 Å². The maximum absolute atomic E-state index is 5.55. The van der Waals surface area contributed by atoms with Crippen molar-refractivity contribution in [3.8, 4) is 11.5 Å². The van der Waals surface area contributed by atoms with Crippen molar-refractivity contribution in [2.24, 2.45) is 13.0 Å². The summed E-state index contributed by atoms with van der Waals surface area (Å²) in [7, 11) is 1.90. The molecule has 0 aliphatic carbocycles. The fourth-order valence-corrected chi connectivity index (χ4v) is 4.09. The Labute approximate surface area is 148 Å². The summed E-state index contributed by atoms with van der Waals surface area (Å²) in [6.07, 6.45) is 11.2. The van der Waals surface area contributed by atoms with Crippen LogP contribution in [0.5, 0.6) is 0 Å². The second-order valence-electron chi connectivity index (χ2n) is 7.41. The standard InChI is InChI=1S/C18H28N6O/c1-23-13-15(11-20-23)18-21-17(22-25-18)16-5-3-2-4-10-24(16)12-14-6-8-19-9-7-14/h11,13-14,16,19H,2-10,12H2,1H3. The molecule has 0 amide bonds. The van der Waals surface area contributed by atoms with Gasteiger partial charge in [-0.25, -0.2) is 0 Å². The first-order valence-corrected chi connectivity index (χ1v) is 9.57. The van der Waals surface area contributed by atoms with Crippen LogP contribution < -0.4 is 5.32 Å². The van der Waals surface area contributed by atoms with Crippen LogP contribution in [0.25, 0.3) is 11.5 Å². The van der Waals surface area contributed by atoms with E-state index in [0.29, 0.717) is 5.89 Å². The fourth-order valence-electron chi connectivity index (χ4n) is 4.09. The predicted octanol–water partition coefficient (Wildman–Crippen LogP) is 2.39. The Bertz CT molecular complexity index is 675. The molecule has 2 aliphatic rings. The highest BCUT2D eigenvalue weighted by Crippen LogP contribution is 2.31. The molecule has 0 bridgehead atoms. The second kappa shape index (κ2) is 7.66. The maximum Gasteiger partial charge on any atom is 0.261 e. The van der Waals surface area contributed by atoms with E-state index >= 15 is 0 Å². The van der Waals surface area contributed by atoms with E-state index < -0.39 is 0 Å². The minimum absolute atomic E-state index is 0.284. The molecule has 0 spiro atoms. The summed E-state index contributed by atoms with van der Waals surface area (Å²) in [6.45, 7) is 4.60. The number of hydrogen-bond acceptors (Lipinski definition) is 6. The number of nitrogens with zero attached hydrogens (tertiary/aromatic N) is 5. The summed E-state index contributed by atoms with van der Waals surface area (Å²) in [6, 6.07) is 0.284. The summed E-state index contributed by atoms with van der Waals surface area (Å²) >= 11 is 0. The van der Waals surface area contributed by atoms with Crippen LogP contribution in [0.15, 0.2) is 16.9 Å². The number of piperidine rings is 1. The van der Waals surface area contributed by atoms with E-state index in [2.05, 4.69) is 20.5 Å². The average molecular weight is 344 g/mol. The number of aromatic nitrogens is 4. The Kier molecular flexibility index (Phi) is 5.12. The van der Waals surface area contributed by atoms with Crippen LogP contribution in [0.4, 0.5) is 0 Å². The molecule has 2 saturated heterocycles. The van der Waals surface area contributed by atoms with Crippen LogP contribution >= 0.6 is 0 Å². The van der Waals surface area contributed by atoms with Gasteiger partial charge in [-0.05, 0) is 51.2 Å². The molecule has 2 aliphatic heterocycles. The first-order valence-electron chi connectivity index (χ1n) is 9.57. The van der Waals surface area contributed by atoms with Crippen LogP contribution in [-0.2, 0) is 7.05 Å². The molecule has 136 valence electrons. The van der Waals surface area contributed by atoms with E-state index in [1.54, 1.807) is 10.9 Å². The number of nitrogens with one attached hydrogen (secondary N) is 1. The largest absolute Gasteiger partial charge is 0.334 e. The molecular weight excluding hydrogens is 316 g/mol. The molecule has 0 aromatic carbocycles. The summed E-state index contributed by atoms with van der Waals surface area (Å²) in [5, 5.41) is 12.0. The third kappa shape index (κ3) is 3.93. The summed E-state index contributed by atoms with van der Waals surface area (Å²) in [5.41, 5.74) is 0.889. The van der Waals surface area contributed by atoms with Crippen molar-refractivity contribution in [2.45, 2.75) is 44.6 Å². The van der Waals surface area contributed by atoms with Gasteiger partial charge in [0.15, 0.2) is 5.82 Å². The van der Waals surface area contributed by atoms with Gasteiger partial charge in [-0.1, -0.05) is 18.0 Å². The lowest BCUT2D eigenvalue weighted by molar-refractivity contribution is 0.147. The monoisotopic (exact) mass is 344 g/mol. The van der Waals surface area contributed by atoms with Crippen LogP contribution in [0.3, 0.4) is 0 Å². The zero-order chi connectivity index (χ0) is 17.1. The van der Waals surface area contributed by atoms with Gasteiger partial charge in [0.05, 0.1) is 17.8 Å². The van der Waals surface area contributed by atoms with E-state index in [0.717, 1.165) is 49.9 Å². The fraction of sp³-hybridized carbons (Fsp3) is 0.722. The highest BCUT2D eigenvalue weighted by molar-refractivity contribution is 5.49. The molecular formula is C18H28N6O. The zero-order valence-corrected chi connectivity index (χ0v) is 15.0. The predicted molar refractivity (Wildman–Crippen MR) is 94.9 cm³/mol. The van der Waals surface area contributed by atoms with Crippen LogP contribution in [0.1, 0.15) is 50.4 Å². The van der Waals surface area contributed by atoms with Gasteiger partial charge in [-0.3, -0.25) is 9.58 Å². The van der Waals surface area contributed by atoms with Gasteiger partial charge in [-0.15, -0.1) is 0 Å². The van der Waals surface area contributed by atoms with Crippen molar-refractivity contribution >= 4 is 0 Å². The zero-order valence-electron chi connectivity index (χ0n) is 15.0. The lowest BCUT2D eigenvalue weighted by Crippen LogP contribution is -2.38. The molecule has 7 nitrogen and oxygen atoms in total. The van der Waals surface area contributed by atoms with E-state index in [1.165, 1.54) is 32.1 Å². The Hall–Kier alpha value is -1.73. The van der Waals surface area contributed by atoms with Crippen molar-refractivity contribution in [2.75, 3.05) is 26.2 Å². The maximum atomic E-state index is 5.55.